The fourth-order valence-electron chi connectivity index (χ4n) is 3.82. The number of aliphatic carboxylic acids is 1. The van der Waals surface area contributed by atoms with Crippen LogP contribution in [0.5, 0.6) is 0 Å². The van der Waals surface area contributed by atoms with Gasteiger partial charge in [-0.3, -0.25) is 9.59 Å². The van der Waals surface area contributed by atoms with Crippen LogP contribution in [-0.2, 0) is 9.59 Å². The van der Waals surface area contributed by atoms with Crippen molar-refractivity contribution < 1.29 is 19.8 Å². The molecule has 0 aliphatic carbocycles. The second-order valence-corrected chi connectivity index (χ2v) is 7.60. The Morgan fingerprint density at radius 2 is 2.00 bits per heavy atom. The Hall–Kier alpha value is -1.59. The number of likely N-dealkylation sites (tertiary alicyclic amines) is 1. The number of hydrogen-bond donors (Lipinski definition) is 2. The van der Waals surface area contributed by atoms with Crippen LogP contribution in [0.15, 0.2) is 24.3 Å². The maximum Gasteiger partial charge on any atom is 0.304 e. The lowest BCUT2D eigenvalue weighted by molar-refractivity contribution is -0.161. The number of carbonyl (C=O) groups is 2. The minimum Gasteiger partial charge on any atom is -0.481 e. The molecule has 0 bridgehead atoms. The summed E-state index contributed by atoms with van der Waals surface area (Å²) < 4.78 is 0. The van der Waals surface area contributed by atoms with Crippen LogP contribution in [0.2, 0.25) is 5.02 Å². The first-order valence-corrected chi connectivity index (χ1v) is 9.05. The monoisotopic (exact) mass is 367 g/mol. The largest absolute Gasteiger partial charge is 0.481 e. The molecule has 1 aromatic carbocycles. The van der Waals surface area contributed by atoms with Crippen molar-refractivity contribution in [2.24, 2.45) is 5.41 Å². The van der Waals surface area contributed by atoms with Gasteiger partial charge in [0, 0.05) is 5.02 Å². The Morgan fingerprint density at radius 3 is 2.48 bits per heavy atom. The molecule has 0 aromatic heterocycles. The van der Waals surface area contributed by atoms with Crippen molar-refractivity contribution in [3.63, 3.8) is 0 Å². The van der Waals surface area contributed by atoms with Crippen molar-refractivity contribution in [2.45, 2.75) is 64.6 Å². The first kappa shape index (κ1) is 19.7. The molecule has 1 saturated heterocycles. The van der Waals surface area contributed by atoms with Gasteiger partial charge in [-0.2, -0.15) is 0 Å². The summed E-state index contributed by atoms with van der Waals surface area (Å²) in [6, 6.07) is 6.80. The van der Waals surface area contributed by atoms with E-state index in [1.807, 2.05) is 19.1 Å². The summed E-state index contributed by atoms with van der Waals surface area (Å²) in [7, 11) is 0. The highest BCUT2D eigenvalue weighted by atomic mass is 35.5. The van der Waals surface area contributed by atoms with Gasteiger partial charge in [0.15, 0.2) is 0 Å². The van der Waals surface area contributed by atoms with Crippen molar-refractivity contribution in [1.29, 1.82) is 0 Å². The third-order valence-corrected chi connectivity index (χ3v) is 5.44. The fourth-order valence-corrected chi connectivity index (χ4v) is 3.94. The maximum atomic E-state index is 13.3. The van der Waals surface area contributed by atoms with Gasteiger partial charge in [0.2, 0.25) is 5.91 Å². The van der Waals surface area contributed by atoms with Crippen LogP contribution in [0.4, 0.5) is 0 Å². The smallest absolute Gasteiger partial charge is 0.304 e. The van der Waals surface area contributed by atoms with Gasteiger partial charge in [-0.15, -0.1) is 0 Å². The van der Waals surface area contributed by atoms with E-state index in [0.29, 0.717) is 24.3 Å². The molecule has 1 aromatic rings. The number of carboxylic acids is 1. The number of aliphatic hydroxyl groups is 1. The number of carboxylic acid groups (broad SMARTS) is 1. The highest BCUT2D eigenvalue weighted by molar-refractivity contribution is 6.30. The maximum absolute atomic E-state index is 13.3. The van der Waals surface area contributed by atoms with Crippen LogP contribution >= 0.6 is 11.6 Å². The van der Waals surface area contributed by atoms with Crippen LogP contribution in [0.1, 0.15) is 58.1 Å². The zero-order valence-corrected chi connectivity index (χ0v) is 15.7. The molecule has 2 rings (SSSR count). The highest BCUT2D eigenvalue weighted by Gasteiger charge is 2.48. The molecular weight excluding hydrogens is 342 g/mol. The molecule has 6 heteroatoms. The summed E-state index contributed by atoms with van der Waals surface area (Å²) in [5, 5.41) is 20.1. The van der Waals surface area contributed by atoms with Gasteiger partial charge >= 0.3 is 5.97 Å². The van der Waals surface area contributed by atoms with Gasteiger partial charge in [-0.25, -0.2) is 0 Å². The standard InChI is InChI=1S/C19H26ClNO4/c1-4-15(12(2)22)21-16(13-5-7-14(20)8-6-13)9-10-19(3,18(21)25)11-17(23)24/h5-8,12,15-16,22H,4,9-11H2,1-3H3,(H,23,24)/t12-,15+,16+,19-/m1/s1. The minimum absolute atomic E-state index is 0.189. The number of aliphatic hydroxyl groups excluding tert-OH is 1. The van der Waals surface area contributed by atoms with Gasteiger partial charge in [-0.05, 0) is 43.9 Å². The van der Waals surface area contributed by atoms with Crippen molar-refractivity contribution in [3.8, 4) is 0 Å². The normalized spacial score (nSPS) is 26.4. The van der Waals surface area contributed by atoms with E-state index in [9.17, 15) is 19.8 Å². The molecule has 0 radical (unpaired) electrons. The van der Waals surface area contributed by atoms with E-state index in [4.69, 9.17) is 11.6 Å². The van der Waals surface area contributed by atoms with Crippen LogP contribution in [0, 0.1) is 5.41 Å². The average molecular weight is 368 g/mol. The lowest BCUT2D eigenvalue weighted by atomic mass is 9.74. The average Bonchev–Trinajstić information content (AvgIpc) is 2.52. The predicted octanol–water partition coefficient (Wildman–Crippen LogP) is 3.64. The van der Waals surface area contributed by atoms with Crippen molar-refractivity contribution in [1.82, 2.24) is 4.90 Å². The topological polar surface area (TPSA) is 77.8 Å². The van der Waals surface area contributed by atoms with Crippen molar-refractivity contribution >= 4 is 23.5 Å². The van der Waals surface area contributed by atoms with E-state index in [2.05, 4.69) is 0 Å². The molecule has 1 aliphatic rings. The number of carbonyl (C=O) groups excluding carboxylic acids is 1. The molecule has 0 unspecified atom stereocenters. The van der Waals surface area contributed by atoms with E-state index in [-0.39, 0.29) is 24.4 Å². The Balaban J connectivity index is 2.44. The Kier molecular flexibility index (Phi) is 6.12. The van der Waals surface area contributed by atoms with E-state index in [0.717, 1.165) is 5.56 Å². The summed E-state index contributed by atoms with van der Waals surface area (Å²) >= 11 is 5.97. The van der Waals surface area contributed by atoms with Crippen LogP contribution in [0.3, 0.4) is 0 Å². The summed E-state index contributed by atoms with van der Waals surface area (Å²) in [6.07, 6.45) is 0.845. The number of hydrogen-bond acceptors (Lipinski definition) is 3. The third-order valence-electron chi connectivity index (χ3n) is 5.18. The second kappa shape index (κ2) is 7.75. The Morgan fingerprint density at radius 1 is 1.40 bits per heavy atom. The molecule has 0 saturated carbocycles. The molecule has 1 aliphatic heterocycles. The van der Waals surface area contributed by atoms with E-state index < -0.39 is 17.5 Å². The van der Waals surface area contributed by atoms with E-state index in [1.54, 1.807) is 30.9 Å². The van der Waals surface area contributed by atoms with Crippen LogP contribution in [-0.4, -0.2) is 39.1 Å². The first-order valence-electron chi connectivity index (χ1n) is 8.67. The quantitative estimate of drug-likeness (QED) is 0.804. The molecular formula is C19H26ClNO4. The molecule has 1 fully saturated rings. The number of halogens is 1. The van der Waals surface area contributed by atoms with Gasteiger partial charge in [0.25, 0.3) is 0 Å². The molecule has 1 heterocycles. The van der Waals surface area contributed by atoms with E-state index in [1.165, 1.54) is 0 Å². The zero-order chi connectivity index (χ0) is 18.8. The van der Waals surface area contributed by atoms with Crippen molar-refractivity contribution in [2.75, 3.05) is 0 Å². The van der Waals surface area contributed by atoms with Gasteiger partial charge in [0.1, 0.15) is 0 Å². The molecule has 5 nitrogen and oxygen atoms in total. The molecule has 2 N–H and O–H groups in total. The number of nitrogens with zero attached hydrogens (tertiary/aromatic N) is 1. The number of piperidine rings is 1. The number of rotatable bonds is 6. The Labute approximate surface area is 153 Å². The SMILES string of the molecule is CC[C@@H]([C@@H](C)O)N1C(=O)[C@@](C)(CC(=O)O)CC[C@H]1c1ccc(Cl)cc1. The van der Waals surface area contributed by atoms with Crippen molar-refractivity contribution in [3.05, 3.63) is 34.9 Å². The summed E-state index contributed by atoms with van der Waals surface area (Å²) in [5.41, 5.74) is 0.00563. The third kappa shape index (κ3) is 4.15. The van der Waals surface area contributed by atoms with Gasteiger partial charge < -0.3 is 15.1 Å². The van der Waals surface area contributed by atoms with Gasteiger partial charge in [0.05, 0.1) is 30.0 Å². The molecule has 138 valence electrons. The van der Waals surface area contributed by atoms with Crippen LogP contribution in [0.25, 0.3) is 0 Å². The second-order valence-electron chi connectivity index (χ2n) is 7.17. The summed E-state index contributed by atoms with van der Waals surface area (Å²) in [4.78, 5) is 26.2. The van der Waals surface area contributed by atoms with Crippen LogP contribution < -0.4 is 0 Å². The molecule has 25 heavy (non-hydrogen) atoms. The minimum atomic E-state index is -0.981. The molecule has 1 amide bonds. The Bertz CT molecular complexity index is 631. The zero-order valence-electron chi connectivity index (χ0n) is 14.9. The molecule has 0 spiro atoms. The number of benzene rings is 1. The molecule has 4 atom stereocenters. The lowest BCUT2D eigenvalue weighted by Crippen LogP contribution is -2.56. The highest BCUT2D eigenvalue weighted by Crippen LogP contribution is 2.44. The summed E-state index contributed by atoms with van der Waals surface area (Å²) in [5.74, 6) is -1.18. The fraction of sp³-hybridized carbons (Fsp3) is 0.579. The first-order chi connectivity index (χ1) is 11.7. The van der Waals surface area contributed by atoms with Gasteiger partial charge in [-0.1, -0.05) is 37.6 Å². The van der Waals surface area contributed by atoms with E-state index >= 15 is 0 Å². The lowest BCUT2D eigenvalue weighted by Gasteiger charge is -2.48. The predicted molar refractivity (Wildman–Crippen MR) is 96.4 cm³/mol. The number of amides is 1. The summed E-state index contributed by atoms with van der Waals surface area (Å²) in [6.45, 7) is 5.31.